The van der Waals surface area contributed by atoms with E-state index in [1.807, 2.05) is 19.1 Å². The largest absolute Gasteiger partial charge is 0.453 e. The molecule has 11 heteroatoms. The Morgan fingerprint density at radius 1 is 1.00 bits per heavy atom. The fraction of sp³-hybridized carbons (Fsp3) is 0.407. The highest BCUT2D eigenvalue weighted by Crippen LogP contribution is 2.32. The number of rotatable bonds is 5. The highest BCUT2D eigenvalue weighted by molar-refractivity contribution is 5.62. The first-order chi connectivity index (χ1) is 18.3. The Bertz CT molecular complexity index is 1430. The summed E-state index contributed by atoms with van der Waals surface area (Å²) in [7, 11) is 0. The lowest BCUT2D eigenvalue weighted by molar-refractivity contribution is -0.144. The summed E-state index contributed by atoms with van der Waals surface area (Å²) in [4.78, 5) is 11.0. The molecule has 2 N–H and O–H groups in total. The lowest BCUT2D eigenvalue weighted by atomic mass is 10.0. The van der Waals surface area contributed by atoms with Crippen molar-refractivity contribution in [3.05, 3.63) is 65.2 Å². The Hall–Kier alpha value is -3.73. The summed E-state index contributed by atoms with van der Waals surface area (Å²) >= 11 is 0. The molecule has 0 saturated carbocycles. The molecule has 0 spiro atoms. The number of aryl methyl sites for hydroxylation is 3. The van der Waals surface area contributed by atoms with Gasteiger partial charge < -0.3 is 10.2 Å². The van der Waals surface area contributed by atoms with E-state index in [4.69, 9.17) is 0 Å². The van der Waals surface area contributed by atoms with Gasteiger partial charge in [-0.3, -0.25) is 5.10 Å². The number of hydrogen-bond donors (Lipinski definition) is 2. The minimum absolute atomic E-state index is 0.0468. The molecule has 1 atom stereocenters. The summed E-state index contributed by atoms with van der Waals surface area (Å²) < 4.78 is 42.0. The standard InChI is InChI=1S/C27H29F3N8/c1-17-22(16-31-35-17)23-5-4-6-24(33-23)38-26(34-25(36-38)27(28,29)30)32-20-10-7-18-8-11-21(12-9-19(18)15-20)37-13-2-3-14-37/h4-7,10,15-16,21H,2-3,8-9,11-14H2,1H3,(H,31,35)(H,32,34,36). The van der Waals surface area contributed by atoms with Crippen molar-refractivity contribution in [1.29, 1.82) is 0 Å². The van der Waals surface area contributed by atoms with Crippen LogP contribution in [0.25, 0.3) is 17.1 Å². The van der Waals surface area contributed by atoms with Gasteiger partial charge in [-0.15, -0.1) is 5.10 Å². The average Bonchev–Trinajstić information content (AvgIpc) is 3.64. The molecular weight excluding hydrogens is 493 g/mol. The zero-order chi connectivity index (χ0) is 26.3. The predicted octanol–water partition coefficient (Wildman–Crippen LogP) is 5.47. The van der Waals surface area contributed by atoms with Crippen molar-refractivity contribution in [2.24, 2.45) is 0 Å². The maximum atomic E-state index is 13.6. The maximum absolute atomic E-state index is 13.6. The van der Waals surface area contributed by atoms with Gasteiger partial charge >= 0.3 is 6.18 Å². The molecule has 1 unspecified atom stereocenters. The third-order valence-corrected chi connectivity index (χ3v) is 7.53. The molecule has 4 aromatic rings. The van der Waals surface area contributed by atoms with E-state index >= 15 is 0 Å². The molecule has 38 heavy (non-hydrogen) atoms. The van der Waals surface area contributed by atoms with Crippen LogP contribution in [-0.4, -0.2) is 54.0 Å². The number of aromatic amines is 1. The third-order valence-electron chi connectivity index (χ3n) is 7.53. The predicted molar refractivity (Wildman–Crippen MR) is 137 cm³/mol. The lowest BCUT2D eigenvalue weighted by Gasteiger charge is -2.25. The quantitative estimate of drug-likeness (QED) is 0.338. The van der Waals surface area contributed by atoms with Gasteiger partial charge in [-0.1, -0.05) is 12.1 Å². The Morgan fingerprint density at radius 2 is 1.79 bits per heavy atom. The van der Waals surface area contributed by atoms with Crippen LogP contribution in [0.3, 0.4) is 0 Å². The zero-order valence-electron chi connectivity index (χ0n) is 21.1. The second-order valence-electron chi connectivity index (χ2n) is 10.0. The minimum Gasteiger partial charge on any atom is -0.324 e. The molecule has 1 aliphatic carbocycles. The summed E-state index contributed by atoms with van der Waals surface area (Å²) in [5.74, 6) is -1.05. The minimum atomic E-state index is -4.70. The molecule has 4 heterocycles. The van der Waals surface area contributed by atoms with Crippen LogP contribution in [0.1, 0.15) is 48.3 Å². The van der Waals surface area contributed by atoms with E-state index in [-0.39, 0.29) is 11.8 Å². The molecule has 198 valence electrons. The van der Waals surface area contributed by atoms with Gasteiger partial charge in [0.05, 0.1) is 11.9 Å². The van der Waals surface area contributed by atoms with Crippen LogP contribution in [0.2, 0.25) is 0 Å². The molecule has 1 aliphatic heterocycles. The number of nitrogens with one attached hydrogen (secondary N) is 2. The van der Waals surface area contributed by atoms with E-state index in [9.17, 15) is 13.2 Å². The number of benzene rings is 1. The number of fused-ring (bicyclic) bond motifs is 1. The molecule has 3 aromatic heterocycles. The lowest BCUT2D eigenvalue weighted by Crippen LogP contribution is -2.32. The van der Waals surface area contributed by atoms with Crippen LogP contribution < -0.4 is 5.32 Å². The van der Waals surface area contributed by atoms with Crippen molar-refractivity contribution < 1.29 is 13.2 Å². The first kappa shape index (κ1) is 24.6. The summed E-state index contributed by atoms with van der Waals surface area (Å²) in [5.41, 5.74) is 5.35. The Kier molecular flexibility index (Phi) is 6.38. The second kappa shape index (κ2) is 9.86. The zero-order valence-corrected chi connectivity index (χ0v) is 21.1. The van der Waals surface area contributed by atoms with Crippen molar-refractivity contribution in [3.8, 4) is 17.1 Å². The third kappa shape index (κ3) is 4.90. The van der Waals surface area contributed by atoms with Crippen LogP contribution in [-0.2, 0) is 19.0 Å². The number of anilines is 2. The summed E-state index contributed by atoms with van der Waals surface area (Å²) in [6, 6.07) is 11.7. The van der Waals surface area contributed by atoms with Gasteiger partial charge in [0.2, 0.25) is 5.95 Å². The fourth-order valence-electron chi connectivity index (χ4n) is 5.54. The van der Waals surface area contributed by atoms with Gasteiger partial charge in [-0.25, -0.2) is 4.98 Å². The number of alkyl halides is 3. The Morgan fingerprint density at radius 3 is 2.53 bits per heavy atom. The Balaban J connectivity index is 1.30. The van der Waals surface area contributed by atoms with E-state index in [1.165, 1.54) is 37.1 Å². The summed E-state index contributed by atoms with van der Waals surface area (Å²) in [6.07, 6.45) is 3.67. The van der Waals surface area contributed by atoms with Crippen LogP contribution in [0, 0.1) is 6.92 Å². The van der Waals surface area contributed by atoms with Gasteiger partial charge in [0.15, 0.2) is 5.82 Å². The van der Waals surface area contributed by atoms with E-state index in [0.29, 0.717) is 17.4 Å². The van der Waals surface area contributed by atoms with Crippen molar-refractivity contribution in [2.45, 2.75) is 57.7 Å². The first-order valence-corrected chi connectivity index (χ1v) is 13.0. The molecule has 0 radical (unpaired) electrons. The topological polar surface area (TPSA) is 87.5 Å². The van der Waals surface area contributed by atoms with Crippen LogP contribution in [0.5, 0.6) is 0 Å². The highest BCUT2D eigenvalue weighted by Gasteiger charge is 2.37. The number of nitrogens with zero attached hydrogens (tertiary/aromatic N) is 6. The van der Waals surface area contributed by atoms with Crippen LogP contribution >= 0.6 is 0 Å². The van der Waals surface area contributed by atoms with Crippen molar-refractivity contribution in [3.63, 3.8) is 0 Å². The summed E-state index contributed by atoms with van der Waals surface area (Å²) in [6.45, 7) is 4.22. The first-order valence-electron chi connectivity index (χ1n) is 13.0. The van der Waals surface area contributed by atoms with E-state index in [1.54, 1.807) is 24.4 Å². The van der Waals surface area contributed by atoms with Crippen LogP contribution in [0.4, 0.5) is 24.8 Å². The number of likely N-dealkylation sites (tertiary alicyclic amines) is 1. The number of pyridine rings is 1. The van der Waals surface area contributed by atoms with E-state index in [0.717, 1.165) is 41.6 Å². The van der Waals surface area contributed by atoms with E-state index in [2.05, 4.69) is 41.5 Å². The number of H-pyrrole nitrogens is 1. The van der Waals surface area contributed by atoms with Gasteiger partial charge in [-0.05, 0) is 93.9 Å². The molecule has 1 fully saturated rings. The monoisotopic (exact) mass is 522 g/mol. The van der Waals surface area contributed by atoms with Crippen molar-refractivity contribution in [2.75, 3.05) is 18.4 Å². The molecule has 0 amide bonds. The van der Waals surface area contributed by atoms with Gasteiger partial charge in [0.25, 0.3) is 5.82 Å². The number of aromatic nitrogens is 6. The van der Waals surface area contributed by atoms with Crippen molar-refractivity contribution in [1.82, 2.24) is 34.8 Å². The molecule has 0 bridgehead atoms. The number of halogens is 3. The SMILES string of the molecule is Cc1[nH]ncc1-c1cccc(-n2nc(C(F)(F)F)nc2Nc2ccc3c(c2)CCC(N2CCCC2)CC3)n1. The van der Waals surface area contributed by atoms with Gasteiger partial charge in [0.1, 0.15) is 0 Å². The summed E-state index contributed by atoms with van der Waals surface area (Å²) in [5, 5.41) is 13.7. The smallest absolute Gasteiger partial charge is 0.324 e. The highest BCUT2D eigenvalue weighted by atomic mass is 19.4. The molecule has 8 nitrogen and oxygen atoms in total. The van der Waals surface area contributed by atoms with Crippen LogP contribution in [0.15, 0.2) is 42.6 Å². The second-order valence-corrected chi connectivity index (χ2v) is 10.0. The molecular formula is C27H29F3N8. The molecule has 2 aliphatic rings. The Labute approximate surface area is 218 Å². The normalized spacial score (nSPS) is 18.4. The molecule has 1 saturated heterocycles. The van der Waals surface area contributed by atoms with Crippen molar-refractivity contribution >= 4 is 11.6 Å². The molecule has 1 aromatic carbocycles. The van der Waals surface area contributed by atoms with Gasteiger partial charge in [-0.2, -0.15) is 27.9 Å². The maximum Gasteiger partial charge on any atom is 0.453 e. The molecule has 6 rings (SSSR count). The number of hydrogen-bond acceptors (Lipinski definition) is 6. The van der Waals surface area contributed by atoms with E-state index < -0.39 is 12.0 Å². The average molecular weight is 523 g/mol. The fourth-order valence-corrected chi connectivity index (χ4v) is 5.54. The van der Waals surface area contributed by atoms with Gasteiger partial charge in [0, 0.05) is 23.0 Å².